The third kappa shape index (κ3) is 2.12. The minimum Gasteiger partial charge on any atom is -0.396 e. The number of nitrogens with zero attached hydrogens (tertiary/aromatic N) is 2. The van der Waals surface area contributed by atoms with Gasteiger partial charge in [-0.15, -0.1) is 0 Å². The molecule has 19 heavy (non-hydrogen) atoms. The normalized spacial score (nSPS) is 15.8. The van der Waals surface area contributed by atoms with Crippen LogP contribution in [0.3, 0.4) is 0 Å². The number of hydrogen-bond acceptors (Lipinski definition) is 2. The molecule has 1 aromatic carbocycles. The van der Waals surface area contributed by atoms with Crippen LogP contribution in [-0.2, 0) is 18.3 Å². The summed E-state index contributed by atoms with van der Waals surface area (Å²) < 4.78 is 2.06. The van der Waals surface area contributed by atoms with Gasteiger partial charge >= 0.3 is 0 Å². The summed E-state index contributed by atoms with van der Waals surface area (Å²) in [6, 6.07) is 8.14. The first-order valence-electron chi connectivity index (χ1n) is 6.60. The zero-order valence-electron chi connectivity index (χ0n) is 11.0. The van der Waals surface area contributed by atoms with Gasteiger partial charge in [-0.2, -0.15) is 0 Å². The van der Waals surface area contributed by atoms with Crippen molar-refractivity contribution in [2.45, 2.75) is 6.42 Å². The summed E-state index contributed by atoms with van der Waals surface area (Å²) in [6.07, 6.45) is 2.48. The van der Waals surface area contributed by atoms with E-state index in [1.54, 1.807) is 0 Å². The number of aliphatic hydroxyl groups is 1. The van der Waals surface area contributed by atoms with Crippen molar-refractivity contribution in [2.24, 2.45) is 13.0 Å². The van der Waals surface area contributed by atoms with Crippen molar-refractivity contribution in [3.8, 4) is 0 Å². The molecule has 0 spiro atoms. The molecular formula is C15H18N2O2. The van der Waals surface area contributed by atoms with Crippen LogP contribution >= 0.6 is 0 Å². The molecule has 1 aromatic heterocycles. The largest absolute Gasteiger partial charge is 0.396 e. The number of fused-ring (bicyclic) bond motifs is 1. The van der Waals surface area contributed by atoms with Gasteiger partial charge in [0.05, 0.1) is 6.42 Å². The topological polar surface area (TPSA) is 45.5 Å². The number of likely N-dealkylation sites (tertiary alicyclic amines) is 1. The smallest absolute Gasteiger partial charge is 0.227 e. The maximum absolute atomic E-state index is 12.1. The maximum atomic E-state index is 12.1. The first kappa shape index (κ1) is 12.2. The zero-order chi connectivity index (χ0) is 13.4. The number of aliphatic hydroxyl groups excluding tert-OH is 1. The molecule has 1 saturated heterocycles. The predicted molar refractivity (Wildman–Crippen MR) is 73.8 cm³/mol. The van der Waals surface area contributed by atoms with Crippen LogP contribution < -0.4 is 0 Å². The van der Waals surface area contributed by atoms with E-state index in [4.69, 9.17) is 5.11 Å². The van der Waals surface area contributed by atoms with Crippen molar-refractivity contribution in [1.82, 2.24) is 9.47 Å². The van der Waals surface area contributed by atoms with Crippen LogP contribution in [0.4, 0.5) is 0 Å². The number of carbonyl (C=O) groups excluding carboxylic acids is 1. The number of hydrogen-bond donors (Lipinski definition) is 1. The predicted octanol–water partition coefficient (Wildman–Crippen LogP) is 1.17. The number of para-hydroxylation sites is 1. The van der Waals surface area contributed by atoms with Crippen molar-refractivity contribution in [3.63, 3.8) is 0 Å². The van der Waals surface area contributed by atoms with Crippen LogP contribution in [0.1, 0.15) is 5.56 Å². The van der Waals surface area contributed by atoms with E-state index >= 15 is 0 Å². The molecule has 4 nitrogen and oxygen atoms in total. The fraction of sp³-hybridized carbons (Fsp3) is 0.400. The Morgan fingerprint density at radius 3 is 2.84 bits per heavy atom. The maximum Gasteiger partial charge on any atom is 0.227 e. The monoisotopic (exact) mass is 258 g/mol. The second-order valence-corrected chi connectivity index (χ2v) is 5.31. The van der Waals surface area contributed by atoms with Crippen molar-refractivity contribution < 1.29 is 9.90 Å². The van der Waals surface area contributed by atoms with E-state index in [1.165, 1.54) is 0 Å². The molecule has 3 rings (SSSR count). The molecule has 1 fully saturated rings. The highest BCUT2D eigenvalue weighted by atomic mass is 16.3. The molecule has 100 valence electrons. The highest BCUT2D eigenvalue weighted by molar-refractivity contribution is 5.89. The van der Waals surface area contributed by atoms with Crippen LogP contribution in [0.2, 0.25) is 0 Å². The van der Waals surface area contributed by atoms with Gasteiger partial charge in [0.15, 0.2) is 0 Å². The van der Waals surface area contributed by atoms with Gasteiger partial charge in [-0.3, -0.25) is 4.79 Å². The summed E-state index contributed by atoms with van der Waals surface area (Å²) in [5.74, 6) is 0.428. The molecule has 0 radical (unpaired) electrons. The third-order valence-corrected chi connectivity index (χ3v) is 3.89. The van der Waals surface area contributed by atoms with Gasteiger partial charge in [-0.25, -0.2) is 0 Å². The van der Waals surface area contributed by atoms with E-state index < -0.39 is 0 Å². The van der Waals surface area contributed by atoms with Gasteiger partial charge in [-0.05, 0) is 11.6 Å². The molecule has 0 unspecified atom stereocenters. The van der Waals surface area contributed by atoms with Crippen LogP contribution in [0.25, 0.3) is 10.9 Å². The Morgan fingerprint density at radius 1 is 1.37 bits per heavy atom. The summed E-state index contributed by atoms with van der Waals surface area (Å²) in [6.45, 7) is 1.57. The zero-order valence-corrected chi connectivity index (χ0v) is 11.0. The standard InChI is InChI=1S/C15H18N2O2/c1-16-9-12(13-4-2-3-5-14(13)16)6-15(19)17-7-11(8-17)10-18/h2-5,9,11,18H,6-8,10H2,1H3. The number of amides is 1. The first-order valence-corrected chi connectivity index (χ1v) is 6.60. The lowest BCUT2D eigenvalue weighted by molar-refractivity contribution is -0.137. The second-order valence-electron chi connectivity index (χ2n) is 5.31. The Labute approximate surface area is 112 Å². The second kappa shape index (κ2) is 4.70. The lowest BCUT2D eigenvalue weighted by Gasteiger charge is -2.38. The van der Waals surface area contributed by atoms with E-state index in [0.717, 1.165) is 16.5 Å². The Bertz CT molecular complexity index is 612. The Balaban J connectivity index is 1.77. The molecule has 4 heteroatoms. The van der Waals surface area contributed by atoms with Gasteiger partial charge < -0.3 is 14.6 Å². The van der Waals surface area contributed by atoms with Crippen LogP contribution in [-0.4, -0.2) is 40.2 Å². The average molecular weight is 258 g/mol. The fourth-order valence-corrected chi connectivity index (χ4v) is 2.73. The van der Waals surface area contributed by atoms with Gasteiger partial charge in [0.1, 0.15) is 0 Å². The summed E-state index contributed by atoms with van der Waals surface area (Å²) in [5.41, 5.74) is 2.23. The quantitative estimate of drug-likeness (QED) is 0.898. The molecule has 1 N–H and O–H groups in total. The number of rotatable bonds is 3. The number of benzene rings is 1. The third-order valence-electron chi connectivity index (χ3n) is 3.89. The van der Waals surface area contributed by atoms with Crippen LogP contribution in [0.5, 0.6) is 0 Å². The minimum atomic E-state index is 0.154. The lowest BCUT2D eigenvalue weighted by Crippen LogP contribution is -2.51. The van der Waals surface area contributed by atoms with Gasteiger partial charge in [-0.1, -0.05) is 18.2 Å². The van der Waals surface area contributed by atoms with Gasteiger partial charge in [0, 0.05) is 49.8 Å². The minimum absolute atomic E-state index is 0.154. The Morgan fingerprint density at radius 2 is 2.11 bits per heavy atom. The SMILES string of the molecule is Cn1cc(CC(=O)N2CC(CO)C2)c2ccccc21. The molecule has 0 atom stereocenters. The highest BCUT2D eigenvalue weighted by Gasteiger charge is 2.30. The van der Waals surface area contributed by atoms with Crippen LogP contribution in [0.15, 0.2) is 30.5 Å². The molecule has 1 amide bonds. The molecule has 2 heterocycles. The Kier molecular flexibility index (Phi) is 3.03. The first-order chi connectivity index (χ1) is 9.19. The van der Waals surface area contributed by atoms with Crippen molar-refractivity contribution >= 4 is 16.8 Å². The fourth-order valence-electron chi connectivity index (χ4n) is 2.73. The molecule has 0 aliphatic carbocycles. The molecule has 1 aliphatic rings. The van der Waals surface area contributed by atoms with E-state index in [9.17, 15) is 4.79 Å². The van der Waals surface area contributed by atoms with E-state index in [0.29, 0.717) is 19.5 Å². The van der Waals surface area contributed by atoms with E-state index in [-0.39, 0.29) is 18.4 Å². The number of aromatic nitrogens is 1. The van der Waals surface area contributed by atoms with Crippen molar-refractivity contribution in [2.75, 3.05) is 19.7 Å². The lowest BCUT2D eigenvalue weighted by atomic mass is 10.00. The summed E-state index contributed by atoms with van der Waals surface area (Å²) in [7, 11) is 2.00. The molecule has 1 aliphatic heterocycles. The molecule has 0 bridgehead atoms. The highest BCUT2D eigenvalue weighted by Crippen LogP contribution is 2.23. The number of aryl methyl sites for hydroxylation is 1. The number of carbonyl (C=O) groups is 1. The Hall–Kier alpha value is -1.81. The molecule has 0 saturated carbocycles. The van der Waals surface area contributed by atoms with Gasteiger partial charge in [0.25, 0.3) is 0 Å². The van der Waals surface area contributed by atoms with Crippen molar-refractivity contribution in [3.05, 3.63) is 36.0 Å². The van der Waals surface area contributed by atoms with E-state index in [2.05, 4.69) is 16.7 Å². The van der Waals surface area contributed by atoms with Gasteiger partial charge in [0.2, 0.25) is 5.91 Å². The summed E-state index contributed by atoms with van der Waals surface area (Å²) >= 11 is 0. The van der Waals surface area contributed by atoms with Crippen LogP contribution in [0, 0.1) is 5.92 Å². The summed E-state index contributed by atoms with van der Waals surface area (Å²) in [5, 5.41) is 10.1. The average Bonchev–Trinajstić information content (AvgIpc) is 2.66. The summed E-state index contributed by atoms with van der Waals surface area (Å²) in [4.78, 5) is 14.0. The van der Waals surface area contributed by atoms with Crippen molar-refractivity contribution in [1.29, 1.82) is 0 Å². The van der Waals surface area contributed by atoms with E-state index in [1.807, 2.05) is 30.3 Å². The molecular weight excluding hydrogens is 240 g/mol. The molecule has 2 aromatic rings.